The number of nitrogens with zero attached hydrogens (tertiary/aromatic N) is 1. The third kappa shape index (κ3) is 4.22. The number of carbonyl (C=O) groups is 1. The van der Waals surface area contributed by atoms with Crippen molar-refractivity contribution in [2.45, 2.75) is 19.3 Å². The Morgan fingerprint density at radius 3 is 2.41 bits per heavy atom. The molecule has 0 fully saturated rings. The summed E-state index contributed by atoms with van der Waals surface area (Å²) in [6.45, 7) is 1.21. The molecule has 0 unspecified atom stereocenters. The Hall–Kier alpha value is -1.91. The summed E-state index contributed by atoms with van der Waals surface area (Å²) in [6.07, 6.45) is 0.188. The zero-order chi connectivity index (χ0) is 12.8. The number of hydrogen-bond donors (Lipinski definition) is 0. The number of Topliss-reactive ketones (excluding diaryl/α,β-unsaturated/α-hetero) is 1. The lowest BCUT2D eigenvalue weighted by atomic mass is 9.94. The van der Waals surface area contributed by atoms with E-state index in [9.17, 15) is 14.9 Å². The molecule has 0 N–H and O–H groups in total. The van der Waals surface area contributed by atoms with Crippen molar-refractivity contribution in [2.75, 3.05) is 13.7 Å². The van der Waals surface area contributed by atoms with Crippen molar-refractivity contribution >= 4 is 5.78 Å². The van der Waals surface area contributed by atoms with Gasteiger partial charge in [0, 0.05) is 11.3 Å². The van der Waals surface area contributed by atoms with E-state index in [1.807, 2.05) is 0 Å². The second kappa shape index (κ2) is 5.98. The van der Waals surface area contributed by atoms with Crippen molar-refractivity contribution in [1.82, 2.24) is 0 Å². The molecule has 0 aromatic heterocycles. The monoisotopic (exact) mass is 237 g/mol. The minimum atomic E-state index is -0.391. The van der Waals surface area contributed by atoms with Gasteiger partial charge in [-0.1, -0.05) is 12.1 Å². The van der Waals surface area contributed by atoms with Crippen LogP contribution in [0.2, 0.25) is 0 Å². The Morgan fingerprint density at radius 2 is 2.00 bits per heavy atom. The minimum Gasteiger partial charge on any atom is -0.497 e. The summed E-state index contributed by atoms with van der Waals surface area (Å²) in [7, 11) is 1.55. The predicted octanol–water partition coefficient (Wildman–Crippen LogP) is 2.03. The molecule has 5 heteroatoms. The molecule has 1 aromatic carbocycles. The molecule has 0 aliphatic rings. The minimum absolute atomic E-state index is 0.0485. The van der Waals surface area contributed by atoms with Gasteiger partial charge in [0.05, 0.1) is 13.0 Å². The molecule has 0 saturated carbocycles. The van der Waals surface area contributed by atoms with Crippen molar-refractivity contribution < 1.29 is 14.5 Å². The fraction of sp³-hybridized carbons (Fsp3) is 0.417. The highest BCUT2D eigenvalue weighted by molar-refractivity contribution is 5.76. The van der Waals surface area contributed by atoms with Gasteiger partial charge in [0.1, 0.15) is 11.5 Å². The van der Waals surface area contributed by atoms with Crippen LogP contribution in [-0.4, -0.2) is 24.4 Å². The van der Waals surface area contributed by atoms with Crippen molar-refractivity contribution in [3.8, 4) is 5.75 Å². The number of ketones is 1. The van der Waals surface area contributed by atoms with Gasteiger partial charge >= 0.3 is 0 Å². The molecule has 1 aromatic rings. The molecule has 0 radical (unpaired) electrons. The highest BCUT2D eigenvalue weighted by atomic mass is 16.6. The Morgan fingerprint density at radius 1 is 1.41 bits per heavy atom. The van der Waals surface area contributed by atoms with Crippen LogP contribution in [0, 0.1) is 10.1 Å². The van der Waals surface area contributed by atoms with E-state index in [0.29, 0.717) is 5.75 Å². The summed E-state index contributed by atoms with van der Waals surface area (Å²) in [5.74, 6) is 0.275. The Bertz CT molecular complexity index is 383. The Balaban J connectivity index is 2.86. The van der Waals surface area contributed by atoms with Gasteiger partial charge in [-0.2, -0.15) is 0 Å². The van der Waals surface area contributed by atoms with Crippen molar-refractivity contribution in [1.29, 1.82) is 0 Å². The lowest BCUT2D eigenvalue weighted by Crippen LogP contribution is -2.15. The number of carbonyl (C=O) groups excluding carboxylic acids is 1. The second-order valence-electron chi connectivity index (χ2n) is 3.89. The van der Waals surface area contributed by atoms with Gasteiger partial charge in [0.25, 0.3) is 0 Å². The van der Waals surface area contributed by atoms with Crippen LogP contribution >= 0.6 is 0 Å². The van der Waals surface area contributed by atoms with Gasteiger partial charge in [0.15, 0.2) is 0 Å². The number of methoxy groups -OCH3 is 1. The molecule has 17 heavy (non-hydrogen) atoms. The molecule has 0 aliphatic carbocycles. The van der Waals surface area contributed by atoms with Gasteiger partial charge in [0.2, 0.25) is 6.54 Å². The van der Waals surface area contributed by atoms with Gasteiger partial charge in [-0.3, -0.25) is 10.1 Å². The molecule has 92 valence electrons. The summed E-state index contributed by atoms with van der Waals surface area (Å²) >= 11 is 0. The first kappa shape index (κ1) is 13.2. The van der Waals surface area contributed by atoms with E-state index >= 15 is 0 Å². The van der Waals surface area contributed by atoms with Gasteiger partial charge < -0.3 is 9.53 Å². The van der Waals surface area contributed by atoms with Crippen LogP contribution in [0.5, 0.6) is 5.75 Å². The first-order chi connectivity index (χ1) is 8.02. The molecule has 0 heterocycles. The van der Waals surface area contributed by atoms with Crippen LogP contribution < -0.4 is 4.74 Å². The fourth-order valence-electron chi connectivity index (χ4n) is 1.69. The highest BCUT2D eigenvalue weighted by Gasteiger charge is 2.19. The SMILES string of the molecule is COc1ccc([C@@H](CC(C)=O)C[N+](=O)[O-])cc1. The third-order valence-electron chi connectivity index (χ3n) is 2.49. The van der Waals surface area contributed by atoms with Crippen molar-refractivity contribution in [3.63, 3.8) is 0 Å². The number of rotatable bonds is 6. The Labute approximate surface area is 99.5 Å². The van der Waals surface area contributed by atoms with E-state index in [1.165, 1.54) is 6.92 Å². The van der Waals surface area contributed by atoms with E-state index in [2.05, 4.69) is 0 Å². The molecule has 1 rings (SSSR count). The van der Waals surface area contributed by atoms with E-state index < -0.39 is 4.92 Å². The highest BCUT2D eigenvalue weighted by Crippen LogP contribution is 2.22. The maximum atomic E-state index is 11.1. The number of hydrogen-bond acceptors (Lipinski definition) is 4. The maximum absolute atomic E-state index is 11.1. The average molecular weight is 237 g/mol. The molecule has 5 nitrogen and oxygen atoms in total. The van der Waals surface area contributed by atoms with Crippen LogP contribution in [0.15, 0.2) is 24.3 Å². The van der Waals surface area contributed by atoms with Gasteiger partial charge in [-0.15, -0.1) is 0 Å². The van der Waals surface area contributed by atoms with Gasteiger partial charge in [-0.05, 0) is 24.6 Å². The summed E-state index contributed by atoms with van der Waals surface area (Å²) in [4.78, 5) is 21.3. The summed E-state index contributed by atoms with van der Waals surface area (Å²) in [6, 6.07) is 7.00. The van der Waals surface area contributed by atoms with E-state index in [-0.39, 0.29) is 24.7 Å². The zero-order valence-corrected chi connectivity index (χ0v) is 9.88. The molecule has 0 spiro atoms. The second-order valence-corrected chi connectivity index (χ2v) is 3.89. The third-order valence-corrected chi connectivity index (χ3v) is 2.49. The van der Waals surface area contributed by atoms with Crippen LogP contribution in [0.25, 0.3) is 0 Å². The molecule has 0 saturated heterocycles. The molecule has 0 aliphatic heterocycles. The molecular formula is C12H15NO4. The van der Waals surface area contributed by atoms with E-state index in [0.717, 1.165) is 5.56 Å². The van der Waals surface area contributed by atoms with Gasteiger partial charge in [-0.25, -0.2) is 0 Å². The first-order valence-electron chi connectivity index (χ1n) is 5.28. The van der Waals surface area contributed by atoms with Crippen LogP contribution in [0.3, 0.4) is 0 Å². The van der Waals surface area contributed by atoms with E-state index in [1.54, 1.807) is 31.4 Å². The average Bonchev–Trinajstić information content (AvgIpc) is 2.27. The standard InChI is InChI=1S/C12H15NO4/c1-9(14)7-11(8-13(15)16)10-3-5-12(17-2)6-4-10/h3-6,11H,7-8H2,1-2H3/t11-/m0/s1. The molecule has 0 bridgehead atoms. The fourth-order valence-corrected chi connectivity index (χ4v) is 1.69. The normalized spacial score (nSPS) is 11.9. The molecule has 1 atom stereocenters. The quantitative estimate of drug-likeness (QED) is 0.560. The lowest BCUT2D eigenvalue weighted by Gasteiger charge is -2.11. The van der Waals surface area contributed by atoms with Crippen LogP contribution in [0.1, 0.15) is 24.8 Å². The number of nitro groups is 1. The summed E-state index contributed by atoms with van der Waals surface area (Å²) < 4.78 is 5.01. The first-order valence-corrected chi connectivity index (χ1v) is 5.28. The topological polar surface area (TPSA) is 69.4 Å². The smallest absolute Gasteiger partial charge is 0.211 e. The van der Waals surface area contributed by atoms with Crippen LogP contribution in [-0.2, 0) is 4.79 Å². The number of ether oxygens (including phenoxy) is 1. The van der Waals surface area contributed by atoms with E-state index in [4.69, 9.17) is 4.74 Å². The predicted molar refractivity (Wildman–Crippen MR) is 62.9 cm³/mol. The Kier molecular flexibility index (Phi) is 4.63. The maximum Gasteiger partial charge on any atom is 0.211 e. The largest absolute Gasteiger partial charge is 0.497 e. The van der Waals surface area contributed by atoms with Crippen molar-refractivity contribution in [2.24, 2.45) is 0 Å². The zero-order valence-electron chi connectivity index (χ0n) is 9.88. The summed E-state index contributed by atoms with van der Waals surface area (Å²) in [5.41, 5.74) is 0.790. The summed E-state index contributed by atoms with van der Waals surface area (Å²) in [5, 5.41) is 10.6. The lowest BCUT2D eigenvalue weighted by molar-refractivity contribution is -0.483. The number of benzene rings is 1. The molecular weight excluding hydrogens is 222 g/mol. The molecule has 0 amide bonds. The van der Waals surface area contributed by atoms with Crippen molar-refractivity contribution in [3.05, 3.63) is 39.9 Å². The van der Waals surface area contributed by atoms with Crippen LogP contribution in [0.4, 0.5) is 0 Å².